The third-order valence-electron chi connectivity index (χ3n) is 1.87. The van der Waals surface area contributed by atoms with Crippen LogP contribution in [0.4, 0.5) is 0 Å². The minimum absolute atomic E-state index is 0.560. The molecular weight excluding hydrogens is 195 g/mol. The molecule has 0 atom stereocenters. The summed E-state index contributed by atoms with van der Waals surface area (Å²) in [5.41, 5.74) is 1.80. The van der Waals surface area contributed by atoms with E-state index in [2.05, 4.69) is 10.2 Å². The Morgan fingerprint density at radius 1 is 1.33 bits per heavy atom. The van der Waals surface area contributed by atoms with Gasteiger partial charge in [0.15, 0.2) is 0 Å². The third-order valence-corrected chi connectivity index (χ3v) is 2.56. The van der Waals surface area contributed by atoms with Gasteiger partial charge in [0, 0.05) is 10.4 Å². The van der Waals surface area contributed by atoms with E-state index in [1.54, 1.807) is 0 Å². The van der Waals surface area contributed by atoms with Crippen LogP contribution in [-0.2, 0) is 0 Å². The van der Waals surface area contributed by atoms with Crippen LogP contribution in [0.25, 0.3) is 10.9 Å². The van der Waals surface area contributed by atoms with Gasteiger partial charge < -0.3 is 0 Å². The van der Waals surface area contributed by atoms with Gasteiger partial charge >= 0.3 is 0 Å². The highest BCUT2D eigenvalue weighted by Gasteiger charge is 2.06. The summed E-state index contributed by atoms with van der Waals surface area (Å²) < 4.78 is 0. The SMILES string of the molecule is Cc1c(Cl)ccc2c(Cl)[nH]nc12. The summed E-state index contributed by atoms with van der Waals surface area (Å²) >= 11 is 11.7. The molecule has 12 heavy (non-hydrogen) atoms. The highest BCUT2D eigenvalue weighted by atomic mass is 35.5. The molecule has 62 valence electrons. The van der Waals surface area contributed by atoms with Gasteiger partial charge in [-0.25, -0.2) is 0 Å². The number of aromatic nitrogens is 2. The van der Waals surface area contributed by atoms with Crippen LogP contribution < -0.4 is 0 Å². The maximum Gasteiger partial charge on any atom is 0.132 e. The van der Waals surface area contributed by atoms with Crippen molar-refractivity contribution in [1.82, 2.24) is 10.2 Å². The average Bonchev–Trinajstić information content (AvgIpc) is 2.41. The molecule has 0 radical (unpaired) electrons. The largest absolute Gasteiger partial charge is 0.266 e. The Hall–Kier alpha value is -0.730. The lowest BCUT2D eigenvalue weighted by atomic mass is 10.2. The quantitative estimate of drug-likeness (QED) is 0.696. The van der Waals surface area contributed by atoms with Gasteiger partial charge in [-0.15, -0.1) is 0 Å². The molecule has 1 aromatic heterocycles. The van der Waals surface area contributed by atoms with Crippen LogP contribution in [0.15, 0.2) is 12.1 Å². The number of rotatable bonds is 0. The summed E-state index contributed by atoms with van der Waals surface area (Å²) in [6.45, 7) is 1.92. The fourth-order valence-electron chi connectivity index (χ4n) is 1.16. The number of nitrogens with one attached hydrogen (secondary N) is 1. The second-order valence-corrected chi connectivity index (χ2v) is 3.39. The molecule has 0 saturated heterocycles. The maximum absolute atomic E-state index is 5.90. The van der Waals surface area contributed by atoms with E-state index in [1.165, 1.54) is 0 Å². The number of halogens is 2. The molecule has 2 rings (SSSR count). The normalized spacial score (nSPS) is 10.9. The number of aryl methyl sites for hydroxylation is 1. The van der Waals surface area contributed by atoms with Crippen molar-refractivity contribution in [2.75, 3.05) is 0 Å². The van der Waals surface area contributed by atoms with Gasteiger partial charge in [-0.3, -0.25) is 5.10 Å². The maximum atomic E-state index is 5.90. The zero-order chi connectivity index (χ0) is 8.72. The Bertz CT molecular complexity index is 434. The molecule has 0 fully saturated rings. The number of hydrogen-bond acceptors (Lipinski definition) is 1. The van der Waals surface area contributed by atoms with Gasteiger partial charge in [-0.1, -0.05) is 23.2 Å². The van der Waals surface area contributed by atoms with Crippen molar-refractivity contribution in [1.29, 1.82) is 0 Å². The van der Waals surface area contributed by atoms with Crippen LogP contribution in [0.3, 0.4) is 0 Å². The van der Waals surface area contributed by atoms with Crippen LogP contribution >= 0.6 is 23.2 Å². The first-order valence-corrected chi connectivity index (χ1v) is 4.24. The number of fused-ring (bicyclic) bond motifs is 1. The second kappa shape index (κ2) is 2.64. The Kier molecular flexibility index (Phi) is 1.74. The van der Waals surface area contributed by atoms with E-state index in [-0.39, 0.29) is 0 Å². The Labute approximate surface area is 79.5 Å². The van der Waals surface area contributed by atoms with Crippen molar-refractivity contribution in [2.45, 2.75) is 6.92 Å². The number of benzene rings is 1. The molecule has 0 bridgehead atoms. The van der Waals surface area contributed by atoms with Gasteiger partial charge in [0.2, 0.25) is 0 Å². The van der Waals surface area contributed by atoms with Crippen LogP contribution in [0.5, 0.6) is 0 Å². The van der Waals surface area contributed by atoms with Crippen molar-refractivity contribution >= 4 is 34.1 Å². The first kappa shape index (κ1) is 7.90. The van der Waals surface area contributed by atoms with E-state index in [9.17, 15) is 0 Å². The first-order chi connectivity index (χ1) is 5.70. The standard InChI is InChI=1S/C8H6Cl2N2/c1-4-6(9)3-2-5-7(4)11-12-8(5)10/h2-3H,1H3,(H,11,12). The summed E-state index contributed by atoms with van der Waals surface area (Å²) in [5, 5.41) is 8.93. The molecule has 0 amide bonds. The third kappa shape index (κ3) is 0.993. The molecule has 0 saturated carbocycles. The number of aromatic amines is 1. The molecule has 4 heteroatoms. The number of H-pyrrole nitrogens is 1. The van der Waals surface area contributed by atoms with Crippen molar-refractivity contribution in [3.63, 3.8) is 0 Å². The smallest absolute Gasteiger partial charge is 0.132 e. The van der Waals surface area contributed by atoms with E-state index < -0.39 is 0 Å². The minimum atomic E-state index is 0.560. The highest BCUT2D eigenvalue weighted by molar-refractivity contribution is 6.35. The number of hydrogen-bond donors (Lipinski definition) is 1. The minimum Gasteiger partial charge on any atom is -0.266 e. The molecule has 0 unspecified atom stereocenters. The van der Waals surface area contributed by atoms with E-state index in [0.29, 0.717) is 10.2 Å². The monoisotopic (exact) mass is 200 g/mol. The zero-order valence-electron chi connectivity index (χ0n) is 6.36. The molecule has 1 heterocycles. The summed E-state index contributed by atoms with van der Waals surface area (Å²) in [7, 11) is 0. The molecule has 1 aromatic carbocycles. The molecule has 0 aliphatic carbocycles. The molecule has 0 spiro atoms. The van der Waals surface area contributed by atoms with Gasteiger partial charge in [0.05, 0.1) is 5.52 Å². The fourth-order valence-corrected chi connectivity index (χ4v) is 1.51. The lowest BCUT2D eigenvalue weighted by Gasteiger charge is -1.96. The molecule has 2 nitrogen and oxygen atoms in total. The van der Waals surface area contributed by atoms with Crippen LogP contribution in [-0.4, -0.2) is 10.2 Å². The Balaban J connectivity index is 2.93. The molecule has 0 aliphatic heterocycles. The summed E-state index contributed by atoms with van der Waals surface area (Å²) in [4.78, 5) is 0. The fraction of sp³-hybridized carbons (Fsp3) is 0.125. The van der Waals surface area contributed by atoms with Crippen molar-refractivity contribution in [2.24, 2.45) is 0 Å². The van der Waals surface area contributed by atoms with Crippen LogP contribution in [0.1, 0.15) is 5.56 Å². The van der Waals surface area contributed by atoms with Crippen LogP contribution in [0.2, 0.25) is 10.2 Å². The lowest BCUT2D eigenvalue weighted by molar-refractivity contribution is 1.11. The lowest BCUT2D eigenvalue weighted by Crippen LogP contribution is -1.77. The van der Waals surface area contributed by atoms with Gasteiger partial charge in [0.25, 0.3) is 0 Å². The summed E-state index contributed by atoms with van der Waals surface area (Å²) in [6.07, 6.45) is 0. The average molecular weight is 201 g/mol. The van der Waals surface area contributed by atoms with Gasteiger partial charge in [-0.2, -0.15) is 5.10 Å². The van der Waals surface area contributed by atoms with Crippen molar-refractivity contribution in [3.8, 4) is 0 Å². The van der Waals surface area contributed by atoms with E-state index >= 15 is 0 Å². The van der Waals surface area contributed by atoms with E-state index in [1.807, 2.05) is 19.1 Å². The highest BCUT2D eigenvalue weighted by Crippen LogP contribution is 2.27. The summed E-state index contributed by atoms with van der Waals surface area (Å²) in [5.74, 6) is 0. The van der Waals surface area contributed by atoms with E-state index in [0.717, 1.165) is 16.5 Å². The predicted molar refractivity (Wildman–Crippen MR) is 50.9 cm³/mol. The number of nitrogens with zero attached hydrogens (tertiary/aromatic N) is 1. The van der Waals surface area contributed by atoms with Gasteiger partial charge in [0.1, 0.15) is 5.15 Å². The van der Waals surface area contributed by atoms with Gasteiger partial charge in [-0.05, 0) is 24.6 Å². The summed E-state index contributed by atoms with van der Waals surface area (Å²) in [6, 6.07) is 3.68. The van der Waals surface area contributed by atoms with Crippen LogP contribution in [0, 0.1) is 6.92 Å². The van der Waals surface area contributed by atoms with Crippen molar-refractivity contribution in [3.05, 3.63) is 27.9 Å². The van der Waals surface area contributed by atoms with Crippen molar-refractivity contribution < 1.29 is 0 Å². The molecule has 0 aliphatic rings. The molecule has 2 aromatic rings. The topological polar surface area (TPSA) is 28.7 Å². The van der Waals surface area contributed by atoms with E-state index in [4.69, 9.17) is 23.2 Å². The zero-order valence-corrected chi connectivity index (χ0v) is 7.87. The Morgan fingerprint density at radius 3 is 2.83 bits per heavy atom. The molecular formula is C8H6Cl2N2. The Morgan fingerprint density at radius 2 is 2.08 bits per heavy atom. The predicted octanol–water partition coefficient (Wildman–Crippen LogP) is 3.18. The first-order valence-electron chi connectivity index (χ1n) is 3.49. The molecule has 1 N–H and O–H groups in total. The second-order valence-electron chi connectivity index (χ2n) is 2.61.